The number of rotatable bonds is 2. The third-order valence-corrected chi connectivity index (χ3v) is 1.62. The molecule has 1 aliphatic rings. The lowest BCUT2D eigenvalue weighted by Gasteiger charge is -2.20. The summed E-state index contributed by atoms with van der Waals surface area (Å²) in [5.41, 5.74) is 0. The zero-order chi connectivity index (χ0) is 8.81. The number of morpholine rings is 1. The SMILES string of the molecule is COC(=O)/C=C/C1COCCN1. The molecule has 1 fully saturated rings. The van der Waals surface area contributed by atoms with Gasteiger partial charge >= 0.3 is 5.97 Å². The Morgan fingerprint density at radius 2 is 2.58 bits per heavy atom. The van der Waals surface area contributed by atoms with E-state index in [0.29, 0.717) is 6.61 Å². The first-order valence-corrected chi connectivity index (χ1v) is 3.90. The fourth-order valence-corrected chi connectivity index (χ4v) is 0.972. The van der Waals surface area contributed by atoms with Crippen molar-refractivity contribution in [1.82, 2.24) is 5.32 Å². The fraction of sp³-hybridized carbons (Fsp3) is 0.625. The Balaban J connectivity index is 2.28. The minimum Gasteiger partial charge on any atom is -0.466 e. The van der Waals surface area contributed by atoms with Crippen LogP contribution < -0.4 is 5.32 Å². The Hall–Kier alpha value is -0.870. The Morgan fingerprint density at radius 1 is 1.75 bits per heavy atom. The molecule has 0 bridgehead atoms. The summed E-state index contributed by atoms with van der Waals surface area (Å²) in [4.78, 5) is 10.7. The summed E-state index contributed by atoms with van der Waals surface area (Å²) in [5, 5.41) is 3.18. The molecule has 0 aliphatic carbocycles. The quantitative estimate of drug-likeness (QED) is 0.458. The van der Waals surface area contributed by atoms with E-state index in [0.717, 1.165) is 13.2 Å². The zero-order valence-corrected chi connectivity index (χ0v) is 7.08. The van der Waals surface area contributed by atoms with Crippen molar-refractivity contribution in [3.8, 4) is 0 Å². The van der Waals surface area contributed by atoms with E-state index in [4.69, 9.17) is 4.74 Å². The molecule has 4 nitrogen and oxygen atoms in total. The number of hydrogen-bond donors (Lipinski definition) is 1. The normalized spacial score (nSPS) is 24.2. The molecule has 1 heterocycles. The first-order chi connectivity index (χ1) is 5.83. The highest BCUT2D eigenvalue weighted by Crippen LogP contribution is 1.94. The predicted octanol–water partition coefficient (Wildman–Crippen LogP) is -0.296. The van der Waals surface area contributed by atoms with Gasteiger partial charge in [-0.1, -0.05) is 6.08 Å². The summed E-state index contributed by atoms with van der Waals surface area (Å²) in [7, 11) is 1.36. The largest absolute Gasteiger partial charge is 0.466 e. The lowest BCUT2D eigenvalue weighted by molar-refractivity contribution is -0.134. The van der Waals surface area contributed by atoms with Gasteiger partial charge < -0.3 is 14.8 Å². The van der Waals surface area contributed by atoms with E-state index in [1.165, 1.54) is 13.2 Å². The van der Waals surface area contributed by atoms with Crippen LogP contribution in [0.4, 0.5) is 0 Å². The van der Waals surface area contributed by atoms with Crippen LogP contribution in [0.25, 0.3) is 0 Å². The van der Waals surface area contributed by atoms with E-state index in [-0.39, 0.29) is 12.0 Å². The van der Waals surface area contributed by atoms with E-state index in [2.05, 4.69) is 10.1 Å². The predicted molar refractivity (Wildman–Crippen MR) is 43.8 cm³/mol. The van der Waals surface area contributed by atoms with Crippen LogP contribution in [0.3, 0.4) is 0 Å². The van der Waals surface area contributed by atoms with E-state index in [1.807, 2.05) is 0 Å². The van der Waals surface area contributed by atoms with Gasteiger partial charge in [0.25, 0.3) is 0 Å². The summed E-state index contributed by atoms with van der Waals surface area (Å²) in [6, 6.07) is 0.137. The molecule has 12 heavy (non-hydrogen) atoms. The van der Waals surface area contributed by atoms with Gasteiger partial charge in [-0.05, 0) is 0 Å². The first-order valence-electron chi connectivity index (χ1n) is 3.90. The number of hydrogen-bond acceptors (Lipinski definition) is 4. The number of esters is 1. The Morgan fingerprint density at radius 3 is 3.17 bits per heavy atom. The standard InChI is InChI=1S/C8H13NO3/c1-11-8(10)3-2-7-6-12-5-4-9-7/h2-3,7,9H,4-6H2,1H3/b3-2+. The van der Waals surface area contributed by atoms with Gasteiger partial charge in [-0.2, -0.15) is 0 Å². The van der Waals surface area contributed by atoms with Crippen LogP contribution in [0.5, 0.6) is 0 Å². The maximum Gasteiger partial charge on any atom is 0.330 e. The van der Waals surface area contributed by atoms with E-state index < -0.39 is 0 Å². The highest BCUT2D eigenvalue weighted by atomic mass is 16.5. The Kier molecular flexibility index (Phi) is 3.76. The van der Waals surface area contributed by atoms with Crippen molar-refractivity contribution < 1.29 is 14.3 Å². The molecule has 1 saturated heterocycles. The van der Waals surface area contributed by atoms with Crippen LogP contribution in [-0.4, -0.2) is 38.9 Å². The molecule has 0 amide bonds. The second-order valence-electron chi connectivity index (χ2n) is 2.52. The van der Waals surface area contributed by atoms with Crippen LogP contribution in [0.2, 0.25) is 0 Å². The van der Waals surface area contributed by atoms with Gasteiger partial charge in [-0.3, -0.25) is 0 Å². The van der Waals surface area contributed by atoms with Crippen molar-refractivity contribution in [2.24, 2.45) is 0 Å². The molecule has 68 valence electrons. The minimum absolute atomic E-state index is 0.137. The second kappa shape index (κ2) is 4.90. The summed E-state index contributed by atoms with van der Waals surface area (Å²) >= 11 is 0. The number of carbonyl (C=O) groups is 1. The molecule has 0 aromatic heterocycles. The number of methoxy groups -OCH3 is 1. The Bertz CT molecular complexity index is 173. The minimum atomic E-state index is -0.331. The number of carbonyl (C=O) groups excluding carboxylic acids is 1. The topological polar surface area (TPSA) is 47.6 Å². The van der Waals surface area contributed by atoms with Gasteiger partial charge in [0.2, 0.25) is 0 Å². The van der Waals surface area contributed by atoms with Crippen molar-refractivity contribution in [3.05, 3.63) is 12.2 Å². The summed E-state index contributed by atoms with van der Waals surface area (Å²) in [5.74, 6) is -0.331. The number of ether oxygens (including phenoxy) is 2. The molecule has 0 saturated carbocycles. The average molecular weight is 171 g/mol. The van der Waals surface area contributed by atoms with Gasteiger partial charge in [0.05, 0.1) is 20.3 Å². The molecule has 4 heteroatoms. The molecule has 0 aromatic carbocycles. The molecule has 1 rings (SSSR count). The van der Waals surface area contributed by atoms with Crippen molar-refractivity contribution in [2.75, 3.05) is 26.9 Å². The van der Waals surface area contributed by atoms with Crippen LogP contribution in [0, 0.1) is 0 Å². The van der Waals surface area contributed by atoms with Gasteiger partial charge in [-0.25, -0.2) is 4.79 Å². The Labute approximate surface area is 71.5 Å². The molecule has 0 aromatic rings. The summed E-state index contributed by atoms with van der Waals surface area (Å²) in [6.07, 6.45) is 3.16. The average Bonchev–Trinajstić information content (AvgIpc) is 2.16. The van der Waals surface area contributed by atoms with Crippen molar-refractivity contribution in [3.63, 3.8) is 0 Å². The monoisotopic (exact) mass is 171 g/mol. The molecule has 1 N–H and O–H groups in total. The lowest BCUT2D eigenvalue weighted by atomic mass is 10.2. The van der Waals surface area contributed by atoms with Gasteiger partial charge in [0.15, 0.2) is 0 Å². The van der Waals surface area contributed by atoms with Crippen molar-refractivity contribution in [2.45, 2.75) is 6.04 Å². The summed E-state index contributed by atoms with van der Waals surface area (Å²) in [6.45, 7) is 2.19. The third kappa shape index (κ3) is 3.02. The fourth-order valence-electron chi connectivity index (χ4n) is 0.972. The van der Waals surface area contributed by atoms with Crippen LogP contribution in [0.15, 0.2) is 12.2 Å². The molecule has 1 unspecified atom stereocenters. The van der Waals surface area contributed by atoms with Crippen molar-refractivity contribution in [1.29, 1.82) is 0 Å². The van der Waals surface area contributed by atoms with Crippen LogP contribution in [-0.2, 0) is 14.3 Å². The second-order valence-corrected chi connectivity index (χ2v) is 2.52. The molecule has 0 radical (unpaired) electrons. The van der Waals surface area contributed by atoms with Gasteiger partial charge in [0.1, 0.15) is 0 Å². The van der Waals surface area contributed by atoms with E-state index >= 15 is 0 Å². The molecule has 1 aliphatic heterocycles. The smallest absolute Gasteiger partial charge is 0.330 e. The maximum atomic E-state index is 10.7. The highest BCUT2D eigenvalue weighted by molar-refractivity contribution is 5.81. The van der Waals surface area contributed by atoms with E-state index in [1.54, 1.807) is 6.08 Å². The summed E-state index contributed by atoms with van der Waals surface area (Å²) < 4.78 is 9.63. The van der Waals surface area contributed by atoms with Gasteiger partial charge in [0, 0.05) is 18.7 Å². The molecule has 1 atom stereocenters. The lowest BCUT2D eigenvalue weighted by Crippen LogP contribution is -2.39. The molecule has 0 spiro atoms. The molecular weight excluding hydrogens is 158 g/mol. The maximum absolute atomic E-state index is 10.7. The van der Waals surface area contributed by atoms with Crippen LogP contribution in [0.1, 0.15) is 0 Å². The van der Waals surface area contributed by atoms with E-state index in [9.17, 15) is 4.79 Å². The highest BCUT2D eigenvalue weighted by Gasteiger charge is 2.09. The van der Waals surface area contributed by atoms with Crippen LogP contribution >= 0.6 is 0 Å². The third-order valence-electron chi connectivity index (χ3n) is 1.62. The van der Waals surface area contributed by atoms with Gasteiger partial charge in [-0.15, -0.1) is 0 Å². The number of nitrogens with one attached hydrogen (secondary N) is 1. The first kappa shape index (κ1) is 9.22. The zero-order valence-electron chi connectivity index (χ0n) is 7.08. The molecular formula is C8H13NO3. The van der Waals surface area contributed by atoms with Crippen molar-refractivity contribution >= 4 is 5.97 Å².